The van der Waals surface area contributed by atoms with Crippen LogP contribution in [0.2, 0.25) is 0 Å². The van der Waals surface area contributed by atoms with E-state index in [1.54, 1.807) is 4.57 Å². The van der Waals surface area contributed by atoms with Gasteiger partial charge in [0.1, 0.15) is 0 Å². The molecule has 1 saturated carbocycles. The highest BCUT2D eigenvalue weighted by Crippen LogP contribution is 2.48. The van der Waals surface area contributed by atoms with E-state index in [1.165, 1.54) is 36.6 Å². The van der Waals surface area contributed by atoms with Gasteiger partial charge in [0.15, 0.2) is 5.16 Å². The minimum atomic E-state index is -0.113. The van der Waals surface area contributed by atoms with Gasteiger partial charge in [0.05, 0.1) is 22.7 Å². The summed E-state index contributed by atoms with van der Waals surface area (Å²) in [6.45, 7) is 0. The first-order valence-corrected chi connectivity index (χ1v) is 11.6. The minimum Gasteiger partial charge on any atom is -0.268 e. The van der Waals surface area contributed by atoms with Crippen molar-refractivity contribution in [2.24, 2.45) is 0 Å². The fraction of sp³-hybridized carbons (Fsp3) is 0.308. The second-order valence-corrected chi connectivity index (χ2v) is 9.20. The van der Waals surface area contributed by atoms with Gasteiger partial charge in [-0.25, -0.2) is 4.98 Å². The van der Waals surface area contributed by atoms with E-state index >= 15 is 0 Å². The zero-order chi connectivity index (χ0) is 20.6. The van der Waals surface area contributed by atoms with Gasteiger partial charge in [-0.3, -0.25) is 9.36 Å². The molecule has 1 heterocycles. The first-order chi connectivity index (χ1) is 14.7. The number of terminal acetylenes is 1. The number of para-hydroxylation sites is 1. The number of nitrogens with zero attached hydrogens (tertiary/aromatic N) is 2. The predicted molar refractivity (Wildman–Crippen MR) is 123 cm³/mol. The summed E-state index contributed by atoms with van der Waals surface area (Å²) in [6.07, 6.45) is 12.2. The third-order valence-electron chi connectivity index (χ3n) is 6.49. The van der Waals surface area contributed by atoms with Crippen molar-refractivity contribution in [3.63, 3.8) is 0 Å². The first-order valence-electron chi connectivity index (χ1n) is 10.6. The van der Waals surface area contributed by atoms with Crippen molar-refractivity contribution in [3.8, 4) is 29.3 Å². The van der Waals surface area contributed by atoms with Crippen LogP contribution in [-0.4, -0.2) is 15.3 Å². The molecule has 1 spiro atoms. The van der Waals surface area contributed by atoms with Crippen LogP contribution in [0.5, 0.6) is 0 Å². The maximum Gasteiger partial charge on any atom is 0.263 e. The fourth-order valence-electron chi connectivity index (χ4n) is 5.20. The second-order valence-electron chi connectivity index (χ2n) is 8.26. The Morgan fingerprint density at radius 3 is 2.53 bits per heavy atom. The summed E-state index contributed by atoms with van der Waals surface area (Å²) in [5.41, 5.74) is 5.00. The van der Waals surface area contributed by atoms with Crippen molar-refractivity contribution in [3.05, 3.63) is 76.1 Å². The molecule has 150 valence electrons. The second kappa shape index (κ2) is 7.81. The van der Waals surface area contributed by atoms with Crippen LogP contribution in [0.4, 0.5) is 0 Å². The molecule has 2 aromatic carbocycles. The Morgan fingerprint density at radius 2 is 1.77 bits per heavy atom. The van der Waals surface area contributed by atoms with Crippen LogP contribution in [0.3, 0.4) is 0 Å². The molecule has 5 rings (SSSR count). The van der Waals surface area contributed by atoms with Crippen LogP contribution in [0, 0.1) is 12.3 Å². The molecule has 3 nitrogen and oxygen atoms in total. The quantitative estimate of drug-likeness (QED) is 0.329. The van der Waals surface area contributed by atoms with Gasteiger partial charge in [0.2, 0.25) is 0 Å². The van der Waals surface area contributed by atoms with Crippen LogP contribution in [0.1, 0.15) is 43.2 Å². The Balaban J connectivity index is 1.83. The van der Waals surface area contributed by atoms with E-state index in [4.69, 9.17) is 11.4 Å². The van der Waals surface area contributed by atoms with Crippen molar-refractivity contribution in [2.45, 2.75) is 49.1 Å². The zero-order valence-electron chi connectivity index (χ0n) is 16.9. The SMILES string of the molecule is C#CCSc1nc2c(c(=O)n1-c1ccccc1)C1(CCCCC1)Cc1ccccc1-2. The summed E-state index contributed by atoms with van der Waals surface area (Å²) in [5.74, 6) is 3.16. The van der Waals surface area contributed by atoms with E-state index in [0.29, 0.717) is 10.9 Å². The highest BCUT2D eigenvalue weighted by Gasteiger charge is 2.43. The highest BCUT2D eigenvalue weighted by atomic mass is 32.2. The molecule has 1 aromatic heterocycles. The van der Waals surface area contributed by atoms with Crippen molar-refractivity contribution in [1.82, 2.24) is 9.55 Å². The van der Waals surface area contributed by atoms with Crippen molar-refractivity contribution in [1.29, 1.82) is 0 Å². The number of fused-ring (bicyclic) bond motifs is 4. The number of aromatic nitrogens is 2. The monoisotopic (exact) mass is 412 g/mol. The highest BCUT2D eigenvalue weighted by molar-refractivity contribution is 7.99. The molecule has 30 heavy (non-hydrogen) atoms. The zero-order valence-corrected chi connectivity index (χ0v) is 17.8. The Kier molecular flexibility index (Phi) is 5.00. The van der Waals surface area contributed by atoms with Crippen molar-refractivity contribution < 1.29 is 0 Å². The van der Waals surface area contributed by atoms with Gasteiger partial charge in [-0.15, -0.1) is 6.42 Å². The normalized spacial score (nSPS) is 16.5. The molecule has 2 aliphatic rings. The van der Waals surface area contributed by atoms with Crippen LogP contribution < -0.4 is 5.56 Å². The molecule has 1 fully saturated rings. The Labute approximate surface area is 181 Å². The predicted octanol–water partition coefficient (Wildman–Crippen LogP) is 5.38. The Morgan fingerprint density at radius 1 is 1.03 bits per heavy atom. The summed E-state index contributed by atoms with van der Waals surface area (Å²) in [4.78, 5) is 19.2. The standard InChI is InChI=1S/C26H24N2OS/c1-2-17-30-25-27-23-21-14-8-7-11-19(21)18-26(15-9-4-10-16-26)22(23)24(29)28(25)20-12-5-3-6-13-20/h1,3,5-8,11-14H,4,9-10,15-18H2. The lowest BCUT2D eigenvalue weighted by Crippen LogP contribution is -2.42. The van der Waals surface area contributed by atoms with Crippen LogP contribution in [0.25, 0.3) is 16.9 Å². The molecule has 4 heteroatoms. The van der Waals surface area contributed by atoms with Gasteiger partial charge in [-0.2, -0.15) is 0 Å². The largest absolute Gasteiger partial charge is 0.268 e. The van der Waals surface area contributed by atoms with Gasteiger partial charge in [0.25, 0.3) is 5.56 Å². The van der Waals surface area contributed by atoms with Gasteiger partial charge in [-0.05, 0) is 37.0 Å². The first kappa shape index (κ1) is 19.2. The molecule has 0 bridgehead atoms. The number of hydrogen-bond acceptors (Lipinski definition) is 3. The molecule has 0 atom stereocenters. The summed E-state index contributed by atoms with van der Waals surface area (Å²) in [5, 5.41) is 0.672. The molecule has 0 unspecified atom stereocenters. The maximum absolute atomic E-state index is 14.1. The Bertz CT molecular complexity index is 1180. The van der Waals surface area contributed by atoms with Crippen molar-refractivity contribution in [2.75, 3.05) is 5.75 Å². The molecule has 2 aliphatic carbocycles. The summed E-state index contributed by atoms with van der Waals surface area (Å²) >= 11 is 1.45. The van der Waals surface area contributed by atoms with E-state index in [1.807, 2.05) is 36.4 Å². The van der Waals surface area contributed by atoms with Crippen LogP contribution in [-0.2, 0) is 11.8 Å². The molecule has 0 amide bonds. The molecular formula is C26H24N2OS. The van der Waals surface area contributed by atoms with E-state index in [2.05, 4.69) is 24.1 Å². The lowest BCUT2D eigenvalue weighted by atomic mass is 9.62. The van der Waals surface area contributed by atoms with Crippen molar-refractivity contribution >= 4 is 11.8 Å². The lowest BCUT2D eigenvalue weighted by molar-refractivity contribution is 0.283. The van der Waals surface area contributed by atoms with Gasteiger partial charge < -0.3 is 0 Å². The Hall–Kier alpha value is -2.77. The molecule has 0 aliphatic heterocycles. The van der Waals surface area contributed by atoms with Gasteiger partial charge in [-0.1, -0.05) is 79.4 Å². The fourth-order valence-corrected chi connectivity index (χ4v) is 5.88. The summed E-state index contributed by atoms with van der Waals surface area (Å²) < 4.78 is 1.78. The van der Waals surface area contributed by atoms with E-state index in [9.17, 15) is 4.79 Å². The molecule has 0 radical (unpaired) electrons. The summed E-state index contributed by atoms with van der Waals surface area (Å²) in [6, 6.07) is 18.3. The third-order valence-corrected chi connectivity index (χ3v) is 7.34. The average molecular weight is 413 g/mol. The maximum atomic E-state index is 14.1. The van der Waals surface area contributed by atoms with Crippen LogP contribution >= 0.6 is 11.8 Å². The third kappa shape index (κ3) is 3.09. The van der Waals surface area contributed by atoms with Crippen LogP contribution in [0.15, 0.2) is 64.5 Å². The number of benzene rings is 2. The smallest absolute Gasteiger partial charge is 0.263 e. The lowest BCUT2D eigenvalue weighted by Gasteiger charge is -2.42. The number of rotatable bonds is 3. The topological polar surface area (TPSA) is 34.9 Å². The van der Waals surface area contributed by atoms with E-state index in [0.717, 1.165) is 41.8 Å². The van der Waals surface area contributed by atoms with E-state index < -0.39 is 0 Å². The molecule has 0 N–H and O–H groups in total. The molecule has 0 saturated heterocycles. The summed E-state index contributed by atoms with van der Waals surface area (Å²) in [7, 11) is 0. The minimum absolute atomic E-state index is 0.0714. The number of thioether (sulfide) groups is 1. The molecular weight excluding hydrogens is 388 g/mol. The van der Waals surface area contributed by atoms with Gasteiger partial charge in [0, 0.05) is 11.0 Å². The molecule has 3 aromatic rings. The number of hydrogen-bond donors (Lipinski definition) is 0. The van der Waals surface area contributed by atoms with E-state index in [-0.39, 0.29) is 11.0 Å². The van der Waals surface area contributed by atoms with Gasteiger partial charge >= 0.3 is 0 Å². The average Bonchev–Trinajstić information content (AvgIpc) is 2.78.